The minimum absolute atomic E-state index is 1.08. The molecule has 0 aliphatic carbocycles. The first-order valence-corrected chi connectivity index (χ1v) is 4.64. The van der Waals surface area contributed by atoms with Gasteiger partial charge in [0, 0.05) is 12.4 Å². The number of benzene rings is 1. The van der Waals surface area contributed by atoms with E-state index in [2.05, 4.69) is 60.3 Å². The van der Waals surface area contributed by atoms with E-state index in [1.807, 2.05) is 0 Å². The van der Waals surface area contributed by atoms with Gasteiger partial charge in [-0.3, -0.25) is 0 Å². The number of para-hydroxylation sites is 1. The van der Waals surface area contributed by atoms with Crippen LogP contribution in [0.25, 0.3) is 17.1 Å². The van der Waals surface area contributed by atoms with Crippen molar-refractivity contribution in [2.75, 3.05) is 0 Å². The molecule has 1 aromatic carbocycles. The Hall–Kier alpha value is -1.50. The lowest BCUT2D eigenvalue weighted by molar-refractivity contribution is 1.17. The molecule has 66 valence electrons. The van der Waals surface area contributed by atoms with Crippen molar-refractivity contribution >= 4 is 17.1 Å². The van der Waals surface area contributed by atoms with Gasteiger partial charge in [-0.2, -0.15) is 0 Å². The van der Waals surface area contributed by atoms with Gasteiger partial charge in [-0.05, 0) is 23.9 Å². The van der Waals surface area contributed by atoms with E-state index < -0.39 is 0 Å². The Balaban J connectivity index is 2.52. The minimum Gasteiger partial charge on any atom is -0.324 e. The number of nitrogens with zero attached hydrogens (tertiary/aromatic N) is 1. The molecule has 0 unspecified atom stereocenters. The SMILES string of the molecule is CCC=Cn1ccc2ccccc21. The fourth-order valence-corrected chi connectivity index (χ4v) is 1.45. The molecule has 0 aliphatic rings. The highest BCUT2D eigenvalue weighted by Crippen LogP contribution is 2.15. The van der Waals surface area contributed by atoms with Crippen molar-refractivity contribution in [3.63, 3.8) is 0 Å². The molecule has 0 N–H and O–H groups in total. The summed E-state index contributed by atoms with van der Waals surface area (Å²) in [5.74, 6) is 0. The van der Waals surface area contributed by atoms with E-state index in [1.54, 1.807) is 0 Å². The second-order valence-electron chi connectivity index (χ2n) is 3.07. The molecule has 0 aliphatic heterocycles. The quantitative estimate of drug-likeness (QED) is 0.651. The van der Waals surface area contributed by atoms with Crippen LogP contribution in [0.3, 0.4) is 0 Å². The molecular formula is C12H13N. The van der Waals surface area contributed by atoms with Crippen molar-refractivity contribution in [3.8, 4) is 0 Å². The van der Waals surface area contributed by atoms with Crippen molar-refractivity contribution in [2.45, 2.75) is 13.3 Å². The fraction of sp³-hybridized carbons (Fsp3) is 0.167. The van der Waals surface area contributed by atoms with Gasteiger partial charge in [0.1, 0.15) is 0 Å². The maximum atomic E-state index is 2.16. The lowest BCUT2D eigenvalue weighted by Crippen LogP contribution is -1.81. The van der Waals surface area contributed by atoms with Crippen molar-refractivity contribution in [1.82, 2.24) is 4.57 Å². The van der Waals surface area contributed by atoms with Crippen LogP contribution in [0.15, 0.2) is 42.6 Å². The molecule has 0 amide bonds. The van der Waals surface area contributed by atoms with E-state index in [1.165, 1.54) is 10.9 Å². The van der Waals surface area contributed by atoms with E-state index in [0.29, 0.717) is 0 Å². The average Bonchev–Trinajstić information content (AvgIpc) is 2.58. The first-order chi connectivity index (χ1) is 6.42. The van der Waals surface area contributed by atoms with Crippen LogP contribution >= 0.6 is 0 Å². The van der Waals surface area contributed by atoms with Gasteiger partial charge in [-0.25, -0.2) is 0 Å². The third kappa shape index (κ3) is 1.50. The number of aromatic nitrogens is 1. The second kappa shape index (κ2) is 3.48. The third-order valence-electron chi connectivity index (χ3n) is 2.13. The molecule has 0 saturated carbocycles. The van der Waals surface area contributed by atoms with Crippen molar-refractivity contribution < 1.29 is 0 Å². The first kappa shape index (κ1) is 8.11. The van der Waals surface area contributed by atoms with Crippen molar-refractivity contribution in [2.24, 2.45) is 0 Å². The number of hydrogen-bond donors (Lipinski definition) is 0. The topological polar surface area (TPSA) is 4.93 Å². The van der Waals surface area contributed by atoms with Crippen LogP contribution < -0.4 is 0 Å². The summed E-state index contributed by atoms with van der Waals surface area (Å²) in [6, 6.07) is 10.5. The van der Waals surface area contributed by atoms with Gasteiger partial charge in [0.05, 0.1) is 5.52 Å². The van der Waals surface area contributed by atoms with Gasteiger partial charge < -0.3 is 4.57 Å². The highest BCUT2D eigenvalue weighted by molar-refractivity contribution is 5.81. The molecule has 1 nitrogen and oxygen atoms in total. The second-order valence-corrected chi connectivity index (χ2v) is 3.07. The van der Waals surface area contributed by atoms with E-state index >= 15 is 0 Å². The number of allylic oxidation sites excluding steroid dienone is 1. The standard InChI is InChI=1S/C12H13N/c1-2-3-9-13-10-8-11-6-4-5-7-12(11)13/h3-10H,2H2,1H3. The fourth-order valence-electron chi connectivity index (χ4n) is 1.45. The average molecular weight is 171 g/mol. The smallest absolute Gasteiger partial charge is 0.0522 e. The van der Waals surface area contributed by atoms with E-state index in [-0.39, 0.29) is 0 Å². The molecule has 0 radical (unpaired) electrons. The highest BCUT2D eigenvalue weighted by Gasteiger charge is 1.94. The summed E-state index contributed by atoms with van der Waals surface area (Å²) in [6.07, 6.45) is 7.44. The largest absolute Gasteiger partial charge is 0.324 e. The van der Waals surface area contributed by atoms with Crippen LogP contribution in [0.1, 0.15) is 13.3 Å². The molecule has 2 rings (SSSR count). The van der Waals surface area contributed by atoms with Gasteiger partial charge in [0.2, 0.25) is 0 Å². The van der Waals surface area contributed by atoms with Gasteiger partial charge in [0.25, 0.3) is 0 Å². The van der Waals surface area contributed by atoms with Gasteiger partial charge in [-0.15, -0.1) is 0 Å². The Bertz CT molecular complexity index is 423. The Kier molecular flexibility index (Phi) is 2.17. The number of fused-ring (bicyclic) bond motifs is 1. The zero-order valence-corrected chi connectivity index (χ0v) is 7.77. The molecule has 0 bridgehead atoms. The summed E-state index contributed by atoms with van der Waals surface area (Å²) in [4.78, 5) is 0. The van der Waals surface area contributed by atoms with Crippen LogP contribution in [0.4, 0.5) is 0 Å². The molecule has 0 spiro atoms. The van der Waals surface area contributed by atoms with Crippen molar-refractivity contribution in [3.05, 3.63) is 42.6 Å². The minimum atomic E-state index is 1.08. The van der Waals surface area contributed by atoms with E-state index in [0.717, 1.165) is 6.42 Å². The molecule has 1 heterocycles. The maximum Gasteiger partial charge on any atom is 0.0522 e. The summed E-state index contributed by atoms with van der Waals surface area (Å²) < 4.78 is 2.15. The number of rotatable bonds is 2. The Morgan fingerprint density at radius 3 is 2.92 bits per heavy atom. The predicted octanol–water partition coefficient (Wildman–Crippen LogP) is 3.52. The van der Waals surface area contributed by atoms with E-state index in [9.17, 15) is 0 Å². The van der Waals surface area contributed by atoms with Gasteiger partial charge in [-0.1, -0.05) is 31.2 Å². The summed E-state index contributed by atoms with van der Waals surface area (Å²) in [6.45, 7) is 2.14. The van der Waals surface area contributed by atoms with Crippen LogP contribution in [0.2, 0.25) is 0 Å². The lowest BCUT2D eigenvalue weighted by Gasteiger charge is -1.95. The van der Waals surface area contributed by atoms with E-state index in [4.69, 9.17) is 0 Å². The zero-order chi connectivity index (χ0) is 9.10. The Morgan fingerprint density at radius 1 is 1.23 bits per heavy atom. The maximum absolute atomic E-state index is 2.16. The molecule has 0 saturated heterocycles. The molecule has 13 heavy (non-hydrogen) atoms. The summed E-state index contributed by atoms with van der Waals surface area (Å²) >= 11 is 0. The van der Waals surface area contributed by atoms with Gasteiger partial charge in [0.15, 0.2) is 0 Å². The zero-order valence-electron chi connectivity index (χ0n) is 7.77. The monoisotopic (exact) mass is 171 g/mol. The molecule has 1 aromatic heterocycles. The van der Waals surface area contributed by atoms with Crippen LogP contribution in [0.5, 0.6) is 0 Å². The number of hydrogen-bond acceptors (Lipinski definition) is 0. The van der Waals surface area contributed by atoms with Crippen LogP contribution in [0, 0.1) is 0 Å². The molecule has 0 atom stereocenters. The molecular weight excluding hydrogens is 158 g/mol. The Labute approximate surface area is 78.3 Å². The van der Waals surface area contributed by atoms with Crippen LogP contribution in [-0.4, -0.2) is 4.57 Å². The van der Waals surface area contributed by atoms with Gasteiger partial charge >= 0.3 is 0 Å². The lowest BCUT2D eigenvalue weighted by atomic mass is 10.2. The molecule has 2 aromatic rings. The third-order valence-corrected chi connectivity index (χ3v) is 2.13. The summed E-state index contributed by atoms with van der Waals surface area (Å²) in [5, 5.41) is 1.29. The first-order valence-electron chi connectivity index (χ1n) is 4.64. The summed E-state index contributed by atoms with van der Waals surface area (Å²) in [7, 11) is 0. The molecule has 0 fully saturated rings. The van der Waals surface area contributed by atoms with Crippen LogP contribution in [-0.2, 0) is 0 Å². The molecule has 1 heteroatoms. The van der Waals surface area contributed by atoms with Crippen molar-refractivity contribution in [1.29, 1.82) is 0 Å². The normalized spacial score (nSPS) is 11.5. The highest BCUT2D eigenvalue weighted by atomic mass is 14.9. The summed E-state index contributed by atoms with van der Waals surface area (Å²) in [5.41, 5.74) is 1.27. The Morgan fingerprint density at radius 2 is 2.08 bits per heavy atom. The predicted molar refractivity (Wildman–Crippen MR) is 57.6 cm³/mol.